The van der Waals surface area contributed by atoms with Gasteiger partial charge in [0.2, 0.25) is 0 Å². The number of ether oxygens (including phenoxy) is 2. The number of hydrogen-bond acceptors (Lipinski definition) is 3. The van der Waals surface area contributed by atoms with Gasteiger partial charge in [-0.3, -0.25) is 4.99 Å². The van der Waals surface area contributed by atoms with Gasteiger partial charge in [0.25, 0.3) is 0 Å². The number of nitrogens with zero attached hydrogens (tertiary/aromatic N) is 1. The highest BCUT2D eigenvalue weighted by Gasteiger charge is 1.97. The van der Waals surface area contributed by atoms with E-state index in [2.05, 4.69) is 27.8 Å². The van der Waals surface area contributed by atoms with E-state index < -0.39 is 0 Å². The molecule has 0 atom stereocenters. The summed E-state index contributed by atoms with van der Waals surface area (Å²) in [6.45, 7) is 3.63. The van der Waals surface area contributed by atoms with Crippen molar-refractivity contribution in [1.82, 2.24) is 10.6 Å². The van der Waals surface area contributed by atoms with Crippen molar-refractivity contribution in [2.75, 3.05) is 40.5 Å². The van der Waals surface area contributed by atoms with Gasteiger partial charge in [-0.15, -0.1) is 24.0 Å². The maximum Gasteiger partial charge on any atom is 0.191 e. The Morgan fingerprint density at radius 1 is 1.10 bits per heavy atom. The van der Waals surface area contributed by atoms with Crippen molar-refractivity contribution in [2.24, 2.45) is 4.99 Å². The highest BCUT2D eigenvalue weighted by molar-refractivity contribution is 14.0. The molecule has 0 radical (unpaired) electrons. The minimum absolute atomic E-state index is 0. The smallest absolute Gasteiger partial charge is 0.191 e. The van der Waals surface area contributed by atoms with Crippen LogP contribution in [0.3, 0.4) is 0 Å². The summed E-state index contributed by atoms with van der Waals surface area (Å²) in [5.41, 5.74) is 1.23. The molecular weight excluding hydrogens is 381 g/mol. The number of rotatable bonds is 9. The van der Waals surface area contributed by atoms with Crippen LogP contribution in [0.1, 0.15) is 12.0 Å². The molecule has 1 aromatic carbocycles. The molecule has 6 heteroatoms. The van der Waals surface area contributed by atoms with E-state index in [1.165, 1.54) is 5.56 Å². The van der Waals surface area contributed by atoms with Gasteiger partial charge >= 0.3 is 0 Å². The first-order chi connectivity index (χ1) is 9.86. The van der Waals surface area contributed by atoms with E-state index in [0.29, 0.717) is 13.2 Å². The fourth-order valence-corrected chi connectivity index (χ4v) is 1.63. The molecule has 0 heterocycles. The van der Waals surface area contributed by atoms with Crippen LogP contribution in [-0.4, -0.2) is 46.5 Å². The van der Waals surface area contributed by atoms with Crippen LogP contribution in [0.15, 0.2) is 35.3 Å². The monoisotopic (exact) mass is 407 g/mol. The summed E-state index contributed by atoms with van der Waals surface area (Å²) in [5, 5.41) is 6.53. The highest BCUT2D eigenvalue weighted by Crippen LogP contribution is 1.96. The molecule has 0 spiro atoms. The zero-order chi connectivity index (χ0) is 14.5. The molecule has 0 amide bonds. The molecule has 120 valence electrons. The third-order valence-corrected chi connectivity index (χ3v) is 2.72. The van der Waals surface area contributed by atoms with Crippen LogP contribution in [0.5, 0.6) is 0 Å². The topological polar surface area (TPSA) is 54.9 Å². The van der Waals surface area contributed by atoms with Crippen LogP contribution in [0, 0.1) is 0 Å². The second kappa shape index (κ2) is 14.1. The van der Waals surface area contributed by atoms with Crippen LogP contribution in [0.2, 0.25) is 0 Å². The van der Waals surface area contributed by atoms with Crippen molar-refractivity contribution in [3.05, 3.63) is 35.9 Å². The zero-order valence-electron chi connectivity index (χ0n) is 12.8. The Bertz CT molecular complexity index is 374. The lowest BCUT2D eigenvalue weighted by atomic mass is 10.2. The van der Waals surface area contributed by atoms with Gasteiger partial charge in [0.15, 0.2) is 5.96 Å². The predicted molar refractivity (Wildman–Crippen MR) is 97.4 cm³/mol. The highest BCUT2D eigenvalue weighted by atomic mass is 127. The maximum absolute atomic E-state index is 5.39. The van der Waals surface area contributed by atoms with E-state index in [9.17, 15) is 0 Å². The zero-order valence-corrected chi connectivity index (χ0v) is 15.1. The Morgan fingerprint density at radius 3 is 2.52 bits per heavy atom. The number of guanidine groups is 1. The Kier molecular flexibility index (Phi) is 13.5. The number of benzene rings is 1. The quantitative estimate of drug-likeness (QED) is 0.285. The van der Waals surface area contributed by atoms with E-state index in [-0.39, 0.29) is 24.0 Å². The summed E-state index contributed by atoms with van der Waals surface area (Å²) < 4.78 is 10.3. The summed E-state index contributed by atoms with van der Waals surface area (Å²) in [5.74, 6) is 0.811. The second-order valence-corrected chi connectivity index (χ2v) is 4.30. The van der Waals surface area contributed by atoms with Crippen molar-refractivity contribution < 1.29 is 9.47 Å². The fraction of sp³-hybridized carbons (Fsp3) is 0.533. The number of hydrogen-bond donors (Lipinski definition) is 2. The van der Waals surface area contributed by atoms with Crippen molar-refractivity contribution in [3.63, 3.8) is 0 Å². The molecule has 5 nitrogen and oxygen atoms in total. The van der Waals surface area contributed by atoms with Gasteiger partial charge in [0, 0.05) is 33.9 Å². The van der Waals surface area contributed by atoms with Crippen LogP contribution in [0.25, 0.3) is 0 Å². The first-order valence-electron chi connectivity index (χ1n) is 6.92. The summed E-state index contributed by atoms with van der Waals surface area (Å²) in [7, 11) is 3.45. The minimum atomic E-state index is 0. The van der Waals surface area contributed by atoms with Crippen molar-refractivity contribution >= 4 is 29.9 Å². The molecule has 1 aromatic rings. The van der Waals surface area contributed by atoms with Crippen LogP contribution in [-0.2, 0) is 16.0 Å². The average Bonchev–Trinajstić information content (AvgIpc) is 2.50. The molecule has 0 aliphatic carbocycles. The molecule has 0 aromatic heterocycles. The Balaban J connectivity index is 0.00000400. The Labute approximate surface area is 144 Å². The largest absolute Gasteiger partial charge is 0.382 e. The van der Waals surface area contributed by atoms with Gasteiger partial charge in [-0.05, 0) is 12.0 Å². The second-order valence-electron chi connectivity index (χ2n) is 4.30. The van der Waals surface area contributed by atoms with Gasteiger partial charge < -0.3 is 20.1 Å². The third kappa shape index (κ3) is 10.5. The number of methoxy groups -OCH3 is 1. The Morgan fingerprint density at radius 2 is 1.86 bits per heavy atom. The molecule has 0 saturated heterocycles. The molecule has 0 aliphatic heterocycles. The number of halogens is 1. The van der Waals surface area contributed by atoms with Crippen LogP contribution < -0.4 is 10.6 Å². The van der Waals surface area contributed by atoms with Gasteiger partial charge in [-0.25, -0.2) is 0 Å². The molecule has 0 bridgehead atoms. The minimum Gasteiger partial charge on any atom is -0.382 e. The normalized spacial score (nSPS) is 10.9. The van der Waals surface area contributed by atoms with E-state index in [1.807, 2.05) is 18.2 Å². The molecule has 2 N–H and O–H groups in total. The van der Waals surface area contributed by atoms with E-state index >= 15 is 0 Å². The predicted octanol–water partition coefficient (Wildman–Crippen LogP) is 2.02. The molecule has 0 unspecified atom stereocenters. The summed E-state index contributed by atoms with van der Waals surface area (Å²) in [4.78, 5) is 4.18. The molecule has 21 heavy (non-hydrogen) atoms. The van der Waals surface area contributed by atoms with Gasteiger partial charge in [-0.2, -0.15) is 0 Å². The van der Waals surface area contributed by atoms with Gasteiger partial charge in [-0.1, -0.05) is 30.3 Å². The van der Waals surface area contributed by atoms with Crippen LogP contribution in [0.4, 0.5) is 0 Å². The lowest BCUT2D eigenvalue weighted by molar-refractivity contribution is 0.0698. The van der Waals surface area contributed by atoms with Gasteiger partial charge in [0.05, 0.1) is 13.2 Å². The first-order valence-corrected chi connectivity index (χ1v) is 6.92. The fourth-order valence-electron chi connectivity index (χ4n) is 1.63. The van der Waals surface area contributed by atoms with Crippen molar-refractivity contribution in [2.45, 2.75) is 13.0 Å². The van der Waals surface area contributed by atoms with Crippen molar-refractivity contribution in [1.29, 1.82) is 0 Å². The maximum atomic E-state index is 5.39. The Hall–Kier alpha value is -0.860. The number of nitrogens with one attached hydrogen (secondary N) is 2. The standard InChI is InChI=1S/C15H25N3O2.HI/c1-16-15(17-9-6-10-20-12-11-19-2)18-13-14-7-4-3-5-8-14;/h3-5,7-8H,6,9-13H2,1-2H3,(H2,16,17,18);1H. The first kappa shape index (κ1) is 20.1. The third-order valence-electron chi connectivity index (χ3n) is 2.72. The molecule has 0 fully saturated rings. The van der Waals surface area contributed by atoms with Crippen molar-refractivity contribution in [3.8, 4) is 0 Å². The van der Waals surface area contributed by atoms with Gasteiger partial charge in [0.1, 0.15) is 0 Å². The lowest BCUT2D eigenvalue weighted by Crippen LogP contribution is -2.37. The lowest BCUT2D eigenvalue weighted by Gasteiger charge is -2.12. The molecule has 0 saturated carbocycles. The number of aliphatic imine (C=N–C) groups is 1. The van der Waals surface area contributed by atoms with E-state index in [0.717, 1.165) is 32.1 Å². The molecule has 0 aliphatic rings. The molecule has 1 rings (SSSR count). The van der Waals surface area contributed by atoms with Crippen LogP contribution >= 0.6 is 24.0 Å². The summed E-state index contributed by atoms with van der Waals surface area (Å²) in [6.07, 6.45) is 0.940. The molecular formula is C15H26IN3O2. The van der Waals surface area contributed by atoms with E-state index in [1.54, 1.807) is 14.2 Å². The average molecular weight is 407 g/mol. The summed E-state index contributed by atoms with van der Waals surface area (Å²) in [6, 6.07) is 10.3. The van der Waals surface area contributed by atoms with E-state index in [4.69, 9.17) is 9.47 Å². The summed E-state index contributed by atoms with van der Waals surface area (Å²) >= 11 is 0. The SMILES string of the molecule is CN=C(NCCCOCCOC)NCc1ccccc1.I.